The third kappa shape index (κ3) is 2.15. The fourth-order valence-corrected chi connectivity index (χ4v) is 1.87. The summed E-state index contributed by atoms with van der Waals surface area (Å²) >= 11 is 5.94. The molecular weight excluding hydrogens is 236 g/mol. The van der Waals surface area contributed by atoms with Gasteiger partial charge in [0.25, 0.3) is 0 Å². The van der Waals surface area contributed by atoms with Gasteiger partial charge in [0.2, 0.25) is 0 Å². The van der Waals surface area contributed by atoms with Crippen LogP contribution in [0.1, 0.15) is 31.2 Å². The van der Waals surface area contributed by atoms with Gasteiger partial charge < -0.3 is 0 Å². The Morgan fingerprint density at radius 3 is 2.76 bits per heavy atom. The lowest BCUT2D eigenvalue weighted by Gasteiger charge is -2.09. The minimum absolute atomic E-state index is 0.165. The highest BCUT2D eigenvalue weighted by atomic mass is 35.5. The molecule has 0 unspecified atom stereocenters. The van der Waals surface area contributed by atoms with Gasteiger partial charge in [-0.15, -0.1) is 5.10 Å². The van der Waals surface area contributed by atoms with E-state index in [1.165, 1.54) is 0 Å². The van der Waals surface area contributed by atoms with E-state index in [1.54, 1.807) is 16.8 Å². The summed E-state index contributed by atoms with van der Waals surface area (Å²) in [5.74, 6) is 0.165. The molecule has 0 saturated heterocycles. The molecule has 0 aliphatic carbocycles. The van der Waals surface area contributed by atoms with E-state index >= 15 is 0 Å². The highest BCUT2D eigenvalue weighted by Gasteiger charge is 2.16. The molecule has 0 aliphatic heterocycles. The van der Waals surface area contributed by atoms with Crippen LogP contribution in [-0.2, 0) is 0 Å². The van der Waals surface area contributed by atoms with E-state index in [4.69, 9.17) is 16.9 Å². The summed E-state index contributed by atoms with van der Waals surface area (Å²) < 4.78 is 1.66. The van der Waals surface area contributed by atoms with Crippen LogP contribution in [0.5, 0.6) is 0 Å². The van der Waals surface area contributed by atoms with Crippen molar-refractivity contribution in [3.05, 3.63) is 40.7 Å². The van der Waals surface area contributed by atoms with E-state index in [0.717, 1.165) is 11.4 Å². The third-order valence-electron chi connectivity index (χ3n) is 2.41. The van der Waals surface area contributed by atoms with Crippen molar-refractivity contribution in [2.45, 2.75) is 19.8 Å². The Morgan fingerprint density at radius 1 is 1.41 bits per heavy atom. The van der Waals surface area contributed by atoms with Crippen molar-refractivity contribution in [1.29, 1.82) is 5.26 Å². The van der Waals surface area contributed by atoms with Crippen molar-refractivity contribution in [1.82, 2.24) is 15.0 Å². The number of benzene rings is 1. The molecule has 0 saturated carbocycles. The molecule has 2 aromatic rings. The average Bonchev–Trinajstić information content (AvgIpc) is 2.72. The highest BCUT2D eigenvalue weighted by molar-refractivity contribution is 6.30. The van der Waals surface area contributed by atoms with Crippen molar-refractivity contribution in [3.8, 4) is 11.8 Å². The number of aromatic nitrogens is 3. The van der Waals surface area contributed by atoms with E-state index in [9.17, 15) is 0 Å². The molecular formula is C12H11ClN4. The van der Waals surface area contributed by atoms with Gasteiger partial charge in [-0.2, -0.15) is 5.26 Å². The molecule has 5 heteroatoms. The molecule has 0 fully saturated rings. The first-order valence-electron chi connectivity index (χ1n) is 5.25. The van der Waals surface area contributed by atoms with Crippen molar-refractivity contribution in [2.24, 2.45) is 0 Å². The monoisotopic (exact) mass is 246 g/mol. The van der Waals surface area contributed by atoms with Gasteiger partial charge in [0.15, 0.2) is 5.69 Å². The molecule has 2 rings (SSSR count). The molecule has 0 aliphatic rings. The van der Waals surface area contributed by atoms with E-state index in [2.05, 4.69) is 16.4 Å². The van der Waals surface area contributed by atoms with Crippen molar-refractivity contribution < 1.29 is 0 Å². The summed E-state index contributed by atoms with van der Waals surface area (Å²) in [7, 11) is 0. The first-order chi connectivity index (χ1) is 8.13. The molecule has 86 valence electrons. The Kier molecular flexibility index (Phi) is 3.12. The maximum absolute atomic E-state index is 8.99. The van der Waals surface area contributed by atoms with Gasteiger partial charge >= 0.3 is 0 Å². The smallest absolute Gasteiger partial charge is 0.186 e. The van der Waals surface area contributed by atoms with E-state index in [1.807, 2.05) is 26.0 Å². The van der Waals surface area contributed by atoms with Gasteiger partial charge in [0.1, 0.15) is 6.07 Å². The van der Waals surface area contributed by atoms with Gasteiger partial charge in [-0.1, -0.05) is 36.7 Å². The van der Waals surface area contributed by atoms with E-state index in [0.29, 0.717) is 10.7 Å². The predicted molar refractivity (Wildman–Crippen MR) is 65.2 cm³/mol. The number of hydrogen-bond acceptors (Lipinski definition) is 3. The predicted octanol–water partition coefficient (Wildman–Crippen LogP) is 2.92. The zero-order valence-corrected chi connectivity index (χ0v) is 10.3. The summed E-state index contributed by atoms with van der Waals surface area (Å²) in [6.45, 7) is 4.00. The highest BCUT2D eigenvalue weighted by Crippen LogP contribution is 2.22. The van der Waals surface area contributed by atoms with Crippen LogP contribution in [0.3, 0.4) is 0 Å². The Bertz CT molecular complexity index is 580. The Morgan fingerprint density at radius 2 is 2.18 bits per heavy atom. The SMILES string of the molecule is CC(C)c1c(C#N)nnn1-c1cccc(Cl)c1. The summed E-state index contributed by atoms with van der Waals surface area (Å²) in [6, 6.07) is 9.37. The van der Waals surface area contributed by atoms with Gasteiger partial charge in [-0.25, -0.2) is 4.68 Å². The van der Waals surface area contributed by atoms with Crippen LogP contribution in [0.15, 0.2) is 24.3 Å². The van der Waals surface area contributed by atoms with Crippen LogP contribution >= 0.6 is 11.6 Å². The van der Waals surface area contributed by atoms with E-state index < -0.39 is 0 Å². The molecule has 4 nitrogen and oxygen atoms in total. The number of hydrogen-bond donors (Lipinski definition) is 0. The Hall–Kier alpha value is -1.86. The molecule has 0 bridgehead atoms. The van der Waals surface area contributed by atoms with Crippen molar-refractivity contribution in [2.75, 3.05) is 0 Å². The zero-order chi connectivity index (χ0) is 12.4. The second-order valence-electron chi connectivity index (χ2n) is 3.98. The normalized spacial score (nSPS) is 10.5. The van der Waals surface area contributed by atoms with Gasteiger partial charge in [-0.05, 0) is 24.1 Å². The van der Waals surface area contributed by atoms with Gasteiger partial charge in [0, 0.05) is 5.02 Å². The van der Waals surface area contributed by atoms with Crippen molar-refractivity contribution in [3.63, 3.8) is 0 Å². The molecule has 1 heterocycles. The molecule has 0 spiro atoms. The van der Waals surface area contributed by atoms with Crippen LogP contribution in [0.4, 0.5) is 0 Å². The lowest BCUT2D eigenvalue weighted by molar-refractivity contribution is 0.715. The zero-order valence-electron chi connectivity index (χ0n) is 9.55. The lowest BCUT2D eigenvalue weighted by Crippen LogP contribution is -2.04. The maximum Gasteiger partial charge on any atom is 0.186 e. The Labute approximate surface area is 104 Å². The summed E-state index contributed by atoms with van der Waals surface area (Å²) in [4.78, 5) is 0. The van der Waals surface area contributed by atoms with Gasteiger partial charge in [-0.3, -0.25) is 0 Å². The minimum Gasteiger partial charge on any atom is -0.216 e. The molecule has 0 amide bonds. The largest absolute Gasteiger partial charge is 0.216 e. The van der Waals surface area contributed by atoms with Crippen LogP contribution in [0.25, 0.3) is 5.69 Å². The lowest BCUT2D eigenvalue weighted by atomic mass is 10.1. The molecule has 0 radical (unpaired) electrons. The molecule has 17 heavy (non-hydrogen) atoms. The van der Waals surface area contributed by atoms with Crippen molar-refractivity contribution >= 4 is 11.6 Å². The van der Waals surface area contributed by atoms with Gasteiger partial charge in [0.05, 0.1) is 11.4 Å². The second-order valence-corrected chi connectivity index (χ2v) is 4.42. The maximum atomic E-state index is 8.99. The fourth-order valence-electron chi connectivity index (χ4n) is 1.69. The molecule has 0 atom stereocenters. The number of nitrogens with zero attached hydrogens (tertiary/aromatic N) is 4. The average molecular weight is 247 g/mol. The summed E-state index contributed by atoms with van der Waals surface area (Å²) in [6.07, 6.45) is 0. The number of halogens is 1. The van der Waals surface area contributed by atoms with Crippen LogP contribution < -0.4 is 0 Å². The number of nitriles is 1. The fraction of sp³-hybridized carbons (Fsp3) is 0.250. The second kappa shape index (κ2) is 4.56. The first-order valence-corrected chi connectivity index (χ1v) is 5.63. The standard InChI is InChI=1S/C12H11ClN4/c1-8(2)12-11(7-14)15-16-17(12)10-5-3-4-9(13)6-10/h3-6,8H,1-2H3. The summed E-state index contributed by atoms with van der Waals surface area (Å²) in [5, 5.41) is 17.5. The van der Waals surface area contributed by atoms with Crippen LogP contribution in [0, 0.1) is 11.3 Å². The molecule has 1 aromatic heterocycles. The van der Waals surface area contributed by atoms with E-state index in [-0.39, 0.29) is 5.92 Å². The first kappa shape index (κ1) is 11.6. The minimum atomic E-state index is 0.165. The molecule has 0 N–H and O–H groups in total. The van der Waals surface area contributed by atoms with Crippen LogP contribution in [0.2, 0.25) is 5.02 Å². The summed E-state index contributed by atoms with van der Waals surface area (Å²) in [5.41, 5.74) is 1.98. The third-order valence-corrected chi connectivity index (χ3v) is 2.65. The topological polar surface area (TPSA) is 54.5 Å². The van der Waals surface area contributed by atoms with Crippen LogP contribution in [-0.4, -0.2) is 15.0 Å². The quantitative estimate of drug-likeness (QED) is 0.819. The number of rotatable bonds is 2. The molecule has 1 aromatic carbocycles. The Balaban J connectivity index is 2.61.